The number of carbonyl (C=O) groups is 2. The van der Waals surface area contributed by atoms with Gasteiger partial charge in [-0.05, 0) is 49.9 Å². The number of nitrogens with one attached hydrogen (secondary N) is 1. The molecule has 1 aromatic carbocycles. The molecule has 0 atom stereocenters. The molecule has 0 aliphatic rings. The minimum absolute atomic E-state index is 0.103. The number of hydrogen-bond donors (Lipinski definition) is 2. The predicted molar refractivity (Wildman–Crippen MR) is 84.0 cm³/mol. The highest BCUT2D eigenvalue weighted by atomic mass is 35.5. The van der Waals surface area contributed by atoms with Crippen LogP contribution in [0, 0.1) is 13.8 Å². The van der Waals surface area contributed by atoms with Crippen LogP contribution in [0.2, 0.25) is 5.02 Å². The fraction of sp³-hybridized carbons (Fsp3) is 0.500. The van der Waals surface area contributed by atoms with Gasteiger partial charge in [0.2, 0.25) is 0 Å². The van der Waals surface area contributed by atoms with Crippen LogP contribution in [-0.4, -0.2) is 22.5 Å². The van der Waals surface area contributed by atoms with Crippen LogP contribution in [0.4, 0.5) is 0 Å². The highest BCUT2D eigenvalue weighted by molar-refractivity contribution is 6.34. The Morgan fingerprint density at radius 3 is 2.19 bits per heavy atom. The second-order valence-electron chi connectivity index (χ2n) is 5.43. The summed E-state index contributed by atoms with van der Waals surface area (Å²) in [6, 6.07) is 3.49. The molecule has 0 bridgehead atoms. The fourth-order valence-corrected chi connectivity index (χ4v) is 2.58. The molecule has 0 fully saturated rings. The quantitative estimate of drug-likeness (QED) is 0.841. The van der Waals surface area contributed by atoms with Crippen LogP contribution in [-0.2, 0) is 4.79 Å². The van der Waals surface area contributed by atoms with Crippen molar-refractivity contribution in [1.82, 2.24) is 5.32 Å². The Morgan fingerprint density at radius 1 is 1.19 bits per heavy atom. The van der Waals surface area contributed by atoms with Gasteiger partial charge in [-0.15, -0.1) is 0 Å². The summed E-state index contributed by atoms with van der Waals surface area (Å²) in [5, 5.41) is 12.3. The first-order valence-electron chi connectivity index (χ1n) is 7.05. The van der Waals surface area contributed by atoms with E-state index in [-0.39, 0.29) is 12.3 Å². The van der Waals surface area contributed by atoms with Gasteiger partial charge in [-0.25, -0.2) is 0 Å². The first-order chi connectivity index (χ1) is 9.74. The minimum atomic E-state index is -0.926. The van der Waals surface area contributed by atoms with E-state index in [2.05, 4.69) is 5.32 Å². The maximum Gasteiger partial charge on any atom is 0.305 e. The third-order valence-corrected chi connectivity index (χ3v) is 4.36. The molecule has 0 saturated carbocycles. The normalized spacial score (nSPS) is 11.3. The summed E-state index contributed by atoms with van der Waals surface area (Å²) in [7, 11) is 0. The summed E-state index contributed by atoms with van der Waals surface area (Å²) in [5.41, 5.74) is 1.63. The number of amides is 1. The number of halogens is 1. The summed E-state index contributed by atoms with van der Waals surface area (Å²) < 4.78 is 0. The molecule has 5 heteroatoms. The summed E-state index contributed by atoms with van der Waals surface area (Å²) >= 11 is 6.14. The highest BCUT2D eigenvalue weighted by Crippen LogP contribution is 2.24. The molecular weight excluding hydrogens is 290 g/mol. The van der Waals surface area contributed by atoms with Gasteiger partial charge in [0.1, 0.15) is 0 Å². The number of aryl methyl sites for hydroxylation is 2. The largest absolute Gasteiger partial charge is 0.481 e. The zero-order valence-electron chi connectivity index (χ0n) is 12.9. The molecule has 0 aromatic heterocycles. The summed E-state index contributed by atoms with van der Waals surface area (Å²) in [6.45, 7) is 7.58. The lowest BCUT2D eigenvalue weighted by Gasteiger charge is -2.31. The number of hydrogen-bond acceptors (Lipinski definition) is 2. The van der Waals surface area contributed by atoms with Crippen molar-refractivity contribution >= 4 is 23.5 Å². The van der Waals surface area contributed by atoms with Crippen LogP contribution in [0.5, 0.6) is 0 Å². The second kappa shape index (κ2) is 6.94. The van der Waals surface area contributed by atoms with Crippen LogP contribution in [0.3, 0.4) is 0 Å². The lowest BCUT2D eigenvalue weighted by Crippen LogP contribution is -2.49. The van der Waals surface area contributed by atoms with E-state index >= 15 is 0 Å². The lowest BCUT2D eigenvalue weighted by molar-refractivity contribution is -0.138. The molecule has 1 amide bonds. The number of rotatable bonds is 6. The number of carboxylic acids is 1. The van der Waals surface area contributed by atoms with E-state index in [1.54, 1.807) is 12.1 Å². The standard InChI is InChI=1S/C16H22ClNO3/c1-5-16(6-2,9-14(19)20)18-15(21)12-7-10(3)11(4)8-13(12)17/h7-8H,5-6,9H2,1-4H3,(H,18,21)(H,19,20). The molecule has 0 saturated heterocycles. The smallest absolute Gasteiger partial charge is 0.305 e. The molecular formula is C16H22ClNO3. The fourth-order valence-electron chi connectivity index (χ4n) is 2.27. The molecule has 0 spiro atoms. The first kappa shape index (κ1) is 17.5. The lowest BCUT2D eigenvalue weighted by atomic mass is 9.88. The van der Waals surface area contributed by atoms with Crippen LogP contribution in [0.1, 0.15) is 54.6 Å². The average Bonchev–Trinajstić information content (AvgIpc) is 2.41. The van der Waals surface area contributed by atoms with Gasteiger partial charge in [0, 0.05) is 0 Å². The molecule has 0 aliphatic carbocycles. The van der Waals surface area contributed by atoms with Crippen molar-refractivity contribution in [1.29, 1.82) is 0 Å². The molecule has 0 radical (unpaired) electrons. The van der Waals surface area contributed by atoms with Gasteiger partial charge in [-0.1, -0.05) is 25.4 Å². The van der Waals surface area contributed by atoms with Crippen LogP contribution < -0.4 is 5.32 Å². The van der Waals surface area contributed by atoms with E-state index in [0.29, 0.717) is 23.4 Å². The van der Waals surface area contributed by atoms with Gasteiger partial charge < -0.3 is 10.4 Å². The zero-order valence-corrected chi connectivity index (χ0v) is 13.7. The van der Waals surface area contributed by atoms with Crippen molar-refractivity contribution in [2.24, 2.45) is 0 Å². The number of aliphatic carboxylic acids is 1. The van der Waals surface area contributed by atoms with Gasteiger partial charge in [-0.2, -0.15) is 0 Å². The molecule has 1 rings (SSSR count). The van der Waals surface area contributed by atoms with Gasteiger partial charge in [0.15, 0.2) is 0 Å². The molecule has 21 heavy (non-hydrogen) atoms. The van der Waals surface area contributed by atoms with Crippen molar-refractivity contribution in [3.05, 3.63) is 33.8 Å². The first-order valence-corrected chi connectivity index (χ1v) is 7.43. The number of carboxylic acid groups (broad SMARTS) is 1. The van der Waals surface area contributed by atoms with Crippen LogP contribution in [0.15, 0.2) is 12.1 Å². The van der Waals surface area contributed by atoms with E-state index in [4.69, 9.17) is 16.7 Å². The minimum Gasteiger partial charge on any atom is -0.481 e. The second-order valence-corrected chi connectivity index (χ2v) is 5.84. The average molecular weight is 312 g/mol. The zero-order chi connectivity index (χ0) is 16.2. The van der Waals surface area contributed by atoms with Crippen LogP contribution in [0.25, 0.3) is 0 Å². The molecule has 4 nitrogen and oxygen atoms in total. The third-order valence-electron chi connectivity index (χ3n) is 4.05. The monoisotopic (exact) mass is 311 g/mol. The molecule has 0 unspecified atom stereocenters. The van der Waals surface area contributed by atoms with Gasteiger partial charge in [0.05, 0.1) is 22.5 Å². The van der Waals surface area contributed by atoms with E-state index < -0.39 is 11.5 Å². The molecule has 116 valence electrons. The molecule has 0 aliphatic heterocycles. The van der Waals surface area contributed by atoms with Crippen molar-refractivity contribution in [2.75, 3.05) is 0 Å². The molecule has 2 N–H and O–H groups in total. The topological polar surface area (TPSA) is 66.4 Å². The van der Waals surface area contributed by atoms with Crippen molar-refractivity contribution in [3.8, 4) is 0 Å². The Bertz CT molecular complexity index is 551. The Hall–Kier alpha value is -1.55. The maximum absolute atomic E-state index is 12.5. The highest BCUT2D eigenvalue weighted by Gasteiger charge is 2.31. The van der Waals surface area contributed by atoms with Gasteiger partial charge in [0.25, 0.3) is 5.91 Å². The predicted octanol–water partition coefficient (Wildman–Crippen LogP) is 3.72. The van der Waals surface area contributed by atoms with Gasteiger partial charge in [-0.3, -0.25) is 9.59 Å². The van der Waals surface area contributed by atoms with Crippen molar-refractivity contribution < 1.29 is 14.7 Å². The van der Waals surface area contributed by atoms with E-state index in [1.807, 2.05) is 27.7 Å². The molecule has 1 aromatic rings. The van der Waals surface area contributed by atoms with E-state index in [1.165, 1.54) is 0 Å². The Labute approximate surface area is 130 Å². The van der Waals surface area contributed by atoms with E-state index in [0.717, 1.165) is 11.1 Å². The SMILES string of the molecule is CCC(CC)(CC(=O)O)NC(=O)c1cc(C)c(C)cc1Cl. The number of carbonyl (C=O) groups excluding carboxylic acids is 1. The van der Waals surface area contributed by atoms with Crippen molar-refractivity contribution in [3.63, 3.8) is 0 Å². The summed E-state index contributed by atoms with van der Waals surface area (Å²) in [6.07, 6.45) is 0.988. The van der Waals surface area contributed by atoms with Crippen molar-refractivity contribution in [2.45, 2.75) is 52.5 Å². The summed E-state index contributed by atoms with van der Waals surface area (Å²) in [4.78, 5) is 23.5. The van der Waals surface area contributed by atoms with Crippen LogP contribution >= 0.6 is 11.6 Å². The van der Waals surface area contributed by atoms with E-state index in [9.17, 15) is 9.59 Å². The Kier molecular flexibility index (Phi) is 5.78. The third kappa shape index (κ3) is 4.21. The maximum atomic E-state index is 12.5. The molecule has 0 heterocycles. The Balaban J connectivity index is 3.08. The van der Waals surface area contributed by atoms with Gasteiger partial charge >= 0.3 is 5.97 Å². The Morgan fingerprint density at radius 2 is 1.71 bits per heavy atom. The number of benzene rings is 1. The summed E-state index contributed by atoms with van der Waals surface area (Å²) in [5.74, 6) is -1.25.